The third-order valence-electron chi connectivity index (χ3n) is 3.48. The average Bonchev–Trinajstić information content (AvgIpc) is 3.00. The highest BCUT2D eigenvalue weighted by Crippen LogP contribution is 2.36. The summed E-state index contributed by atoms with van der Waals surface area (Å²) in [6, 6.07) is 10.3. The van der Waals surface area contributed by atoms with Gasteiger partial charge in [-0.1, -0.05) is 17.7 Å². The fourth-order valence-electron chi connectivity index (χ4n) is 2.47. The van der Waals surface area contributed by atoms with Gasteiger partial charge in [0.25, 0.3) is 0 Å². The van der Waals surface area contributed by atoms with Gasteiger partial charge in [-0.05, 0) is 30.3 Å². The summed E-state index contributed by atoms with van der Waals surface area (Å²) in [6.45, 7) is 0. The molecule has 8 heteroatoms. The van der Waals surface area contributed by atoms with E-state index in [0.717, 1.165) is 10.9 Å². The van der Waals surface area contributed by atoms with E-state index >= 15 is 0 Å². The van der Waals surface area contributed by atoms with Crippen LogP contribution in [0.2, 0.25) is 5.02 Å². The Morgan fingerprint density at radius 3 is 2.72 bits per heavy atom. The van der Waals surface area contributed by atoms with E-state index in [2.05, 4.69) is 19.9 Å². The Morgan fingerprint density at radius 2 is 1.92 bits per heavy atom. The zero-order valence-electron chi connectivity index (χ0n) is 12.7. The van der Waals surface area contributed by atoms with Gasteiger partial charge in [0.2, 0.25) is 0 Å². The maximum Gasteiger partial charge on any atom is 0.314 e. The molecule has 0 amide bonds. The predicted molar refractivity (Wildman–Crippen MR) is 97.6 cm³/mol. The van der Waals surface area contributed by atoms with Crippen LogP contribution in [0.15, 0.2) is 55.0 Å². The van der Waals surface area contributed by atoms with Crippen LogP contribution >= 0.6 is 24.0 Å². The smallest absolute Gasteiger partial charge is 0.314 e. The summed E-state index contributed by atoms with van der Waals surface area (Å²) in [5.74, 6) is 1.23. The lowest BCUT2D eigenvalue weighted by molar-refractivity contribution is 0.431. The summed E-state index contributed by atoms with van der Waals surface area (Å²) in [5.41, 5.74) is 1.98. The topological polar surface area (TPSA) is 83.9 Å². The Kier molecular flexibility index (Phi) is 4.74. The van der Waals surface area contributed by atoms with Crippen LogP contribution in [-0.2, 0) is 0 Å². The maximum absolute atomic E-state index is 9.53. The Hall–Kier alpha value is -2.83. The molecular formula is C17H12Cl2N4O2. The van der Waals surface area contributed by atoms with Crippen molar-refractivity contribution in [2.45, 2.75) is 0 Å². The number of aromatic hydroxyl groups is 1. The number of fused-ring (bicyclic) bond motifs is 1. The number of hydrogen-bond donors (Lipinski definition) is 2. The van der Waals surface area contributed by atoms with E-state index in [1.54, 1.807) is 36.7 Å². The summed E-state index contributed by atoms with van der Waals surface area (Å²) in [4.78, 5) is 15.1. The molecule has 4 rings (SSSR count). The van der Waals surface area contributed by atoms with Crippen molar-refractivity contribution in [2.24, 2.45) is 0 Å². The molecule has 0 bridgehead atoms. The second-order valence-electron chi connectivity index (χ2n) is 5.04. The summed E-state index contributed by atoms with van der Waals surface area (Å²) < 4.78 is 5.97. The van der Waals surface area contributed by atoms with Crippen molar-refractivity contribution in [3.05, 3.63) is 60.0 Å². The number of pyridine rings is 1. The fraction of sp³-hybridized carbons (Fsp3) is 0. The number of aromatic amines is 1. The SMILES string of the molecule is Cl.Oc1nccc(-c2c[nH]c3nccc(Oc4cccc(Cl)c4)c23)n1. The summed E-state index contributed by atoms with van der Waals surface area (Å²) in [6.07, 6.45) is 4.91. The van der Waals surface area contributed by atoms with E-state index < -0.39 is 0 Å². The van der Waals surface area contributed by atoms with Crippen molar-refractivity contribution in [3.8, 4) is 28.8 Å². The molecule has 6 nitrogen and oxygen atoms in total. The van der Waals surface area contributed by atoms with Crippen molar-refractivity contribution in [3.63, 3.8) is 0 Å². The predicted octanol–water partition coefficient (Wildman–Crippen LogP) is 4.59. The zero-order chi connectivity index (χ0) is 16.5. The van der Waals surface area contributed by atoms with Crippen molar-refractivity contribution in [1.82, 2.24) is 19.9 Å². The molecule has 0 spiro atoms. The first kappa shape index (κ1) is 17.0. The first-order valence-corrected chi connectivity index (χ1v) is 7.50. The third-order valence-corrected chi connectivity index (χ3v) is 3.71. The third kappa shape index (κ3) is 3.35. The quantitative estimate of drug-likeness (QED) is 0.547. The highest BCUT2D eigenvalue weighted by molar-refractivity contribution is 6.30. The van der Waals surface area contributed by atoms with Crippen molar-refractivity contribution in [1.29, 1.82) is 0 Å². The molecule has 0 radical (unpaired) electrons. The number of halogens is 2. The van der Waals surface area contributed by atoms with Crippen LogP contribution in [0.4, 0.5) is 0 Å². The number of nitrogens with zero attached hydrogens (tertiary/aromatic N) is 3. The van der Waals surface area contributed by atoms with Crippen LogP contribution in [-0.4, -0.2) is 25.0 Å². The molecule has 0 aliphatic carbocycles. The van der Waals surface area contributed by atoms with Gasteiger partial charge in [-0.15, -0.1) is 12.4 Å². The Balaban J connectivity index is 0.00000182. The van der Waals surface area contributed by atoms with Crippen molar-refractivity contribution >= 4 is 35.0 Å². The highest BCUT2D eigenvalue weighted by atomic mass is 35.5. The molecule has 0 unspecified atom stereocenters. The maximum atomic E-state index is 9.53. The normalized spacial score (nSPS) is 10.4. The largest absolute Gasteiger partial charge is 0.479 e. The number of aromatic nitrogens is 4. The minimum atomic E-state index is -0.289. The van der Waals surface area contributed by atoms with E-state index in [9.17, 15) is 5.11 Å². The molecule has 4 aromatic rings. The number of benzene rings is 1. The molecular weight excluding hydrogens is 363 g/mol. The van der Waals surface area contributed by atoms with E-state index in [1.807, 2.05) is 12.1 Å². The molecule has 0 atom stereocenters. The average molecular weight is 375 g/mol. The summed E-state index contributed by atoms with van der Waals surface area (Å²) in [5, 5.41) is 10.9. The molecule has 3 heterocycles. The first-order valence-electron chi connectivity index (χ1n) is 7.12. The molecule has 126 valence electrons. The number of hydrogen-bond acceptors (Lipinski definition) is 5. The monoisotopic (exact) mass is 374 g/mol. The molecule has 0 saturated carbocycles. The molecule has 0 saturated heterocycles. The van der Waals surface area contributed by atoms with Crippen LogP contribution in [0, 0.1) is 0 Å². The number of rotatable bonds is 3. The van der Waals surface area contributed by atoms with Gasteiger partial charge < -0.3 is 14.8 Å². The van der Waals surface area contributed by atoms with E-state index in [1.165, 1.54) is 6.20 Å². The van der Waals surface area contributed by atoms with Gasteiger partial charge in [-0.3, -0.25) is 0 Å². The van der Waals surface area contributed by atoms with Crippen LogP contribution in [0.25, 0.3) is 22.3 Å². The number of nitrogens with one attached hydrogen (secondary N) is 1. The Bertz CT molecular complexity index is 1040. The summed E-state index contributed by atoms with van der Waals surface area (Å²) in [7, 11) is 0. The Morgan fingerprint density at radius 1 is 1.08 bits per heavy atom. The van der Waals surface area contributed by atoms with Crippen molar-refractivity contribution < 1.29 is 9.84 Å². The van der Waals surface area contributed by atoms with Gasteiger partial charge in [0.15, 0.2) is 0 Å². The van der Waals surface area contributed by atoms with Crippen molar-refractivity contribution in [2.75, 3.05) is 0 Å². The number of H-pyrrole nitrogens is 1. The van der Waals surface area contributed by atoms with E-state index in [-0.39, 0.29) is 18.4 Å². The fourth-order valence-corrected chi connectivity index (χ4v) is 2.65. The first-order chi connectivity index (χ1) is 11.7. The summed E-state index contributed by atoms with van der Waals surface area (Å²) >= 11 is 6.01. The van der Waals surface area contributed by atoms with E-state index in [4.69, 9.17) is 16.3 Å². The van der Waals surface area contributed by atoms with Gasteiger partial charge >= 0.3 is 6.01 Å². The van der Waals surface area contributed by atoms with Crippen LogP contribution in [0.1, 0.15) is 0 Å². The van der Waals surface area contributed by atoms with Gasteiger partial charge in [0, 0.05) is 29.2 Å². The molecule has 3 aromatic heterocycles. The molecule has 1 aromatic carbocycles. The molecule has 2 N–H and O–H groups in total. The molecule has 0 aliphatic rings. The van der Waals surface area contributed by atoms with Crippen LogP contribution in [0.3, 0.4) is 0 Å². The van der Waals surface area contributed by atoms with Crippen LogP contribution < -0.4 is 4.74 Å². The van der Waals surface area contributed by atoms with Gasteiger partial charge in [-0.2, -0.15) is 4.98 Å². The van der Waals surface area contributed by atoms with E-state index in [0.29, 0.717) is 27.9 Å². The molecule has 0 aliphatic heterocycles. The van der Waals surface area contributed by atoms with Gasteiger partial charge in [-0.25, -0.2) is 9.97 Å². The Labute approximate surface area is 153 Å². The molecule has 25 heavy (non-hydrogen) atoms. The minimum Gasteiger partial charge on any atom is -0.479 e. The van der Waals surface area contributed by atoms with Gasteiger partial charge in [0.1, 0.15) is 17.1 Å². The van der Waals surface area contributed by atoms with Gasteiger partial charge in [0.05, 0.1) is 11.1 Å². The lowest BCUT2D eigenvalue weighted by Gasteiger charge is -2.08. The molecule has 0 fully saturated rings. The highest BCUT2D eigenvalue weighted by Gasteiger charge is 2.14. The zero-order valence-corrected chi connectivity index (χ0v) is 14.3. The second-order valence-corrected chi connectivity index (χ2v) is 5.47. The van der Waals surface area contributed by atoms with Crippen LogP contribution in [0.5, 0.6) is 17.5 Å². The lowest BCUT2D eigenvalue weighted by atomic mass is 10.1. The minimum absolute atomic E-state index is 0. The number of ether oxygens (including phenoxy) is 1. The lowest BCUT2D eigenvalue weighted by Crippen LogP contribution is -1.89. The second kappa shape index (κ2) is 6.96. The standard InChI is InChI=1S/C17H11ClN4O2.ClH/c18-10-2-1-3-11(8-10)24-14-5-7-19-16-15(14)12(9-21-16)13-4-6-20-17(23)22-13;/h1-9H,(H,19,21)(H,20,22,23);1H.